The van der Waals surface area contributed by atoms with Crippen LogP contribution in [0.4, 0.5) is 0 Å². The smallest absolute Gasteiger partial charge is 0.253 e. The predicted molar refractivity (Wildman–Crippen MR) is 75.7 cm³/mol. The van der Waals surface area contributed by atoms with E-state index >= 15 is 0 Å². The number of H-pyrrole nitrogens is 1. The van der Waals surface area contributed by atoms with Crippen LogP contribution in [0.5, 0.6) is 0 Å². The molecule has 0 spiro atoms. The van der Waals surface area contributed by atoms with Gasteiger partial charge in [-0.15, -0.1) is 0 Å². The molecule has 5 heteroatoms. The van der Waals surface area contributed by atoms with Crippen LogP contribution in [0.1, 0.15) is 44.6 Å². The molecular weight excluding hydrogens is 254 g/mol. The Morgan fingerprint density at radius 3 is 2.65 bits per heavy atom. The minimum absolute atomic E-state index is 0.0723. The van der Waals surface area contributed by atoms with Gasteiger partial charge in [-0.1, -0.05) is 6.07 Å². The fourth-order valence-electron chi connectivity index (χ4n) is 2.22. The van der Waals surface area contributed by atoms with E-state index in [0.29, 0.717) is 29.1 Å². The van der Waals surface area contributed by atoms with Crippen molar-refractivity contribution in [1.82, 2.24) is 15.3 Å². The lowest BCUT2D eigenvalue weighted by Crippen LogP contribution is -2.24. The third-order valence-electron chi connectivity index (χ3n) is 3.19. The van der Waals surface area contributed by atoms with Crippen LogP contribution in [-0.4, -0.2) is 21.7 Å². The normalized spacial score (nSPS) is 10.3. The third-order valence-corrected chi connectivity index (χ3v) is 3.19. The lowest BCUT2D eigenvalue weighted by Gasteiger charge is -2.06. The van der Waals surface area contributed by atoms with E-state index in [2.05, 4.69) is 15.3 Å². The van der Waals surface area contributed by atoms with Crippen molar-refractivity contribution in [2.75, 3.05) is 0 Å². The Hall–Kier alpha value is -2.43. The fraction of sp³-hybridized carbons (Fsp3) is 0.267. The molecule has 2 aromatic rings. The number of aromatic nitrogens is 2. The van der Waals surface area contributed by atoms with Crippen molar-refractivity contribution in [2.45, 2.75) is 27.3 Å². The number of pyridine rings is 1. The van der Waals surface area contributed by atoms with E-state index in [1.54, 1.807) is 26.2 Å². The topological polar surface area (TPSA) is 74.8 Å². The number of carbonyl (C=O) groups is 2. The van der Waals surface area contributed by atoms with Crippen molar-refractivity contribution in [2.24, 2.45) is 0 Å². The number of hydrogen-bond donors (Lipinski definition) is 2. The largest absolute Gasteiger partial charge is 0.355 e. The van der Waals surface area contributed by atoms with Crippen molar-refractivity contribution in [3.8, 4) is 0 Å². The van der Waals surface area contributed by atoms with E-state index in [1.807, 2.05) is 12.1 Å². The molecule has 0 saturated carbocycles. The Balaban J connectivity index is 2.16. The Bertz CT molecular complexity index is 645. The molecule has 0 aliphatic heterocycles. The van der Waals surface area contributed by atoms with Gasteiger partial charge < -0.3 is 10.3 Å². The number of aryl methyl sites for hydroxylation is 1. The van der Waals surface area contributed by atoms with Crippen LogP contribution in [0.25, 0.3) is 0 Å². The summed E-state index contributed by atoms with van der Waals surface area (Å²) in [5, 5.41) is 2.84. The molecule has 2 N–H and O–H groups in total. The molecule has 2 aromatic heterocycles. The minimum atomic E-state index is -0.187. The second-order valence-corrected chi connectivity index (χ2v) is 4.73. The van der Waals surface area contributed by atoms with Crippen LogP contribution in [0.2, 0.25) is 0 Å². The number of ketones is 1. The van der Waals surface area contributed by atoms with Gasteiger partial charge in [0, 0.05) is 31.6 Å². The first-order chi connectivity index (χ1) is 9.50. The molecule has 0 atom stereocenters. The predicted octanol–water partition coefficient (Wildman–Crippen LogP) is 2.16. The van der Waals surface area contributed by atoms with E-state index in [0.717, 1.165) is 5.56 Å². The number of nitrogens with zero attached hydrogens (tertiary/aromatic N) is 1. The number of hydrogen-bond acceptors (Lipinski definition) is 3. The molecule has 0 fully saturated rings. The molecule has 0 unspecified atom stereocenters. The summed E-state index contributed by atoms with van der Waals surface area (Å²) in [5.74, 6) is -0.260. The molecule has 20 heavy (non-hydrogen) atoms. The Labute approximate surface area is 117 Å². The van der Waals surface area contributed by atoms with Crippen molar-refractivity contribution in [3.63, 3.8) is 0 Å². The minimum Gasteiger partial charge on any atom is -0.355 e. The van der Waals surface area contributed by atoms with Crippen LogP contribution in [0.15, 0.2) is 24.5 Å². The van der Waals surface area contributed by atoms with Crippen molar-refractivity contribution in [1.29, 1.82) is 0 Å². The van der Waals surface area contributed by atoms with Crippen molar-refractivity contribution in [3.05, 3.63) is 52.6 Å². The first-order valence-electron chi connectivity index (χ1n) is 6.38. The van der Waals surface area contributed by atoms with Gasteiger partial charge in [-0.3, -0.25) is 14.6 Å². The van der Waals surface area contributed by atoms with Crippen LogP contribution in [0, 0.1) is 13.8 Å². The zero-order chi connectivity index (χ0) is 14.7. The Morgan fingerprint density at radius 1 is 1.35 bits per heavy atom. The zero-order valence-electron chi connectivity index (χ0n) is 11.8. The molecule has 0 aromatic carbocycles. The molecule has 0 radical (unpaired) electrons. The molecule has 2 heterocycles. The summed E-state index contributed by atoms with van der Waals surface area (Å²) in [4.78, 5) is 30.7. The number of nitrogens with one attached hydrogen (secondary N) is 2. The molecule has 104 valence electrons. The van der Waals surface area contributed by atoms with Crippen LogP contribution >= 0.6 is 0 Å². The van der Waals surface area contributed by atoms with E-state index < -0.39 is 0 Å². The average molecular weight is 271 g/mol. The van der Waals surface area contributed by atoms with Gasteiger partial charge in [0.25, 0.3) is 5.91 Å². The molecule has 2 rings (SSSR count). The molecule has 1 amide bonds. The van der Waals surface area contributed by atoms with Crippen LogP contribution < -0.4 is 5.32 Å². The van der Waals surface area contributed by atoms with E-state index in [1.165, 1.54) is 6.92 Å². The summed E-state index contributed by atoms with van der Waals surface area (Å²) in [6.45, 7) is 5.46. The van der Waals surface area contributed by atoms with Crippen LogP contribution in [0.3, 0.4) is 0 Å². The van der Waals surface area contributed by atoms with E-state index in [4.69, 9.17) is 0 Å². The van der Waals surface area contributed by atoms with E-state index in [-0.39, 0.29) is 11.7 Å². The van der Waals surface area contributed by atoms with Crippen LogP contribution in [-0.2, 0) is 6.54 Å². The lowest BCUT2D eigenvalue weighted by atomic mass is 10.1. The SMILES string of the molecule is CC(=O)c1[nH]c(C)c(C(=O)NCc2cccnc2)c1C. The van der Waals surface area contributed by atoms with Crippen molar-refractivity contribution < 1.29 is 9.59 Å². The monoisotopic (exact) mass is 271 g/mol. The zero-order valence-corrected chi connectivity index (χ0v) is 11.8. The molecular formula is C15H17N3O2. The average Bonchev–Trinajstić information content (AvgIpc) is 2.73. The number of aromatic amines is 1. The maximum absolute atomic E-state index is 12.2. The molecule has 0 bridgehead atoms. The maximum atomic E-state index is 12.2. The summed E-state index contributed by atoms with van der Waals surface area (Å²) >= 11 is 0. The highest BCUT2D eigenvalue weighted by atomic mass is 16.1. The Morgan fingerprint density at radius 2 is 2.10 bits per heavy atom. The van der Waals surface area contributed by atoms with E-state index in [9.17, 15) is 9.59 Å². The standard InChI is InChI=1S/C15H17N3O2/c1-9-13(10(2)18-14(9)11(3)19)15(20)17-8-12-5-4-6-16-7-12/h4-7,18H,8H2,1-3H3,(H,17,20). The maximum Gasteiger partial charge on any atom is 0.253 e. The molecule has 5 nitrogen and oxygen atoms in total. The first kappa shape index (κ1) is 14.0. The highest BCUT2D eigenvalue weighted by Gasteiger charge is 2.19. The molecule has 0 saturated heterocycles. The van der Waals surface area contributed by atoms with Gasteiger partial charge in [0.15, 0.2) is 5.78 Å². The number of amides is 1. The van der Waals surface area contributed by atoms with Gasteiger partial charge >= 0.3 is 0 Å². The molecule has 0 aliphatic carbocycles. The lowest BCUT2D eigenvalue weighted by molar-refractivity contribution is 0.0949. The van der Waals surface area contributed by atoms with Gasteiger partial charge in [-0.05, 0) is 31.0 Å². The van der Waals surface area contributed by atoms with Gasteiger partial charge in [-0.25, -0.2) is 0 Å². The highest BCUT2D eigenvalue weighted by molar-refractivity contribution is 6.02. The fourth-order valence-corrected chi connectivity index (χ4v) is 2.22. The summed E-state index contributed by atoms with van der Waals surface area (Å²) in [7, 11) is 0. The van der Waals surface area contributed by atoms with Gasteiger partial charge in [-0.2, -0.15) is 0 Å². The van der Waals surface area contributed by atoms with Gasteiger partial charge in [0.1, 0.15) is 0 Å². The van der Waals surface area contributed by atoms with Crippen molar-refractivity contribution >= 4 is 11.7 Å². The van der Waals surface area contributed by atoms with Gasteiger partial charge in [0.05, 0.1) is 11.3 Å². The third kappa shape index (κ3) is 2.77. The number of carbonyl (C=O) groups excluding carboxylic acids is 2. The van der Waals surface area contributed by atoms with Gasteiger partial charge in [0.2, 0.25) is 0 Å². The summed E-state index contributed by atoms with van der Waals surface area (Å²) in [5.41, 5.74) is 3.36. The highest BCUT2D eigenvalue weighted by Crippen LogP contribution is 2.18. The number of Topliss-reactive ketones (excluding diaryl/α,β-unsaturated/α-hetero) is 1. The molecule has 0 aliphatic rings. The second-order valence-electron chi connectivity index (χ2n) is 4.73. The quantitative estimate of drug-likeness (QED) is 0.837. The summed E-state index contributed by atoms with van der Waals surface area (Å²) in [6, 6.07) is 3.72. The second kappa shape index (κ2) is 5.69. The number of rotatable bonds is 4. The Kier molecular flexibility index (Phi) is 3.98. The first-order valence-corrected chi connectivity index (χ1v) is 6.38. The summed E-state index contributed by atoms with van der Waals surface area (Å²) in [6.07, 6.45) is 3.39. The summed E-state index contributed by atoms with van der Waals surface area (Å²) < 4.78 is 0.